The lowest BCUT2D eigenvalue weighted by Gasteiger charge is -2.33. The number of ether oxygens (including phenoxy) is 1. The van der Waals surface area contributed by atoms with Gasteiger partial charge in [-0.05, 0) is 25.0 Å². The molecule has 0 aromatic heterocycles. The number of benzene rings is 1. The molecule has 5 heteroatoms. The summed E-state index contributed by atoms with van der Waals surface area (Å²) < 4.78 is 5.34. The van der Waals surface area contributed by atoms with Crippen LogP contribution in [0.2, 0.25) is 0 Å². The molecule has 0 bridgehead atoms. The smallest absolute Gasteiger partial charge is 0.223 e. The topological polar surface area (TPSA) is 44.8 Å². The van der Waals surface area contributed by atoms with Crippen molar-refractivity contribution in [1.29, 1.82) is 0 Å². The number of piperidine rings is 1. The number of amides is 1. The first-order valence-electron chi connectivity index (χ1n) is 8.71. The molecule has 3 rings (SSSR count). The maximum Gasteiger partial charge on any atom is 0.223 e. The van der Waals surface area contributed by atoms with Gasteiger partial charge < -0.3 is 15.0 Å². The number of nitrogens with zero attached hydrogens (tertiary/aromatic N) is 2. The van der Waals surface area contributed by atoms with Gasteiger partial charge in [-0.25, -0.2) is 0 Å². The zero-order valence-electron chi connectivity index (χ0n) is 13.7. The predicted molar refractivity (Wildman–Crippen MR) is 91.6 cm³/mol. The van der Waals surface area contributed by atoms with Crippen molar-refractivity contribution < 1.29 is 9.53 Å². The number of morpholine rings is 1. The fourth-order valence-electron chi connectivity index (χ4n) is 3.35. The number of carbonyl (C=O) groups is 1. The third kappa shape index (κ3) is 4.69. The molecule has 2 fully saturated rings. The molecular weight excluding hydrogens is 290 g/mol. The largest absolute Gasteiger partial charge is 0.379 e. The van der Waals surface area contributed by atoms with E-state index in [1.807, 2.05) is 6.07 Å². The van der Waals surface area contributed by atoms with Crippen LogP contribution >= 0.6 is 0 Å². The van der Waals surface area contributed by atoms with Crippen LogP contribution in [0.25, 0.3) is 0 Å². The van der Waals surface area contributed by atoms with Gasteiger partial charge in [0.2, 0.25) is 5.91 Å². The summed E-state index contributed by atoms with van der Waals surface area (Å²) >= 11 is 0. The molecule has 23 heavy (non-hydrogen) atoms. The van der Waals surface area contributed by atoms with Crippen molar-refractivity contribution in [1.82, 2.24) is 10.2 Å². The van der Waals surface area contributed by atoms with Gasteiger partial charge in [-0.1, -0.05) is 18.2 Å². The van der Waals surface area contributed by atoms with Gasteiger partial charge in [0, 0.05) is 50.9 Å². The second-order valence-corrected chi connectivity index (χ2v) is 6.34. The average Bonchev–Trinajstić information content (AvgIpc) is 2.63. The SMILES string of the molecule is O=C(NCCN1CCOCC1)C1CCN(c2ccccc2)CC1. The molecule has 0 radical (unpaired) electrons. The summed E-state index contributed by atoms with van der Waals surface area (Å²) in [5.74, 6) is 0.394. The molecule has 1 aromatic rings. The highest BCUT2D eigenvalue weighted by Crippen LogP contribution is 2.22. The first kappa shape index (κ1) is 16.3. The maximum absolute atomic E-state index is 12.3. The molecule has 0 atom stereocenters. The summed E-state index contributed by atoms with van der Waals surface area (Å²) in [5, 5.41) is 3.11. The van der Waals surface area contributed by atoms with Crippen molar-refractivity contribution >= 4 is 11.6 Å². The highest BCUT2D eigenvalue weighted by atomic mass is 16.5. The standard InChI is InChI=1S/C18H27N3O2/c22-18(19-8-11-20-12-14-23-15-13-20)16-6-9-21(10-7-16)17-4-2-1-3-5-17/h1-5,16H,6-15H2,(H,19,22). The zero-order chi connectivity index (χ0) is 15.9. The Morgan fingerprint density at radius 1 is 1.09 bits per heavy atom. The van der Waals surface area contributed by atoms with Crippen LogP contribution in [0.5, 0.6) is 0 Å². The van der Waals surface area contributed by atoms with Crippen molar-refractivity contribution in [2.75, 3.05) is 57.4 Å². The molecule has 0 unspecified atom stereocenters. The van der Waals surface area contributed by atoms with Crippen LogP contribution in [0, 0.1) is 5.92 Å². The van der Waals surface area contributed by atoms with Crippen LogP contribution in [-0.2, 0) is 9.53 Å². The van der Waals surface area contributed by atoms with Gasteiger partial charge in [0.05, 0.1) is 13.2 Å². The summed E-state index contributed by atoms with van der Waals surface area (Å²) in [4.78, 5) is 17.0. The molecular formula is C18H27N3O2. The van der Waals surface area contributed by atoms with E-state index in [-0.39, 0.29) is 11.8 Å². The molecule has 1 N–H and O–H groups in total. The van der Waals surface area contributed by atoms with E-state index >= 15 is 0 Å². The Balaban J connectivity index is 1.36. The van der Waals surface area contributed by atoms with Crippen LogP contribution in [0.3, 0.4) is 0 Å². The molecule has 1 aromatic carbocycles. The van der Waals surface area contributed by atoms with E-state index in [0.29, 0.717) is 0 Å². The van der Waals surface area contributed by atoms with E-state index in [1.165, 1.54) is 5.69 Å². The third-order valence-electron chi connectivity index (χ3n) is 4.82. The number of hydrogen-bond donors (Lipinski definition) is 1. The fraction of sp³-hybridized carbons (Fsp3) is 0.611. The monoisotopic (exact) mass is 317 g/mol. The van der Waals surface area contributed by atoms with Gasteiger partial charge >= 0.3 is 0 Å². The molecule has 0 saturated carbocycles. The van der Waals surface area contributed by atoms with E-state index in [1.54, 1.807) is 0 Å². The van der Waals surface area contributed by atoms with Gasteiger partial charge in [0.25, 0.3) is 0 Å². The normalized spacial score (nSPS) is 20.4. The summed E-state index contributed by atoms with van der Waals surface area (Å²) in [7, 11) is 0. The zero-order valence-corrected chi connectivity index (χ0v) is 13.7. The lowest BCUT2D eigenvalue weighted by atomic mass is 9.95. The highest BCUT2D eigenvalue weighted by Gasteiger charge is 2.24. The minimum absolute atomic E-state index is 0.166. The first-order chi connectivity index (χ1) is 11.3. The van der Waals surface area contributed by atoms with E-state index in [0.717, 1.165) is 65.3 Å². The van der Waals surface area contributed by atoms with Crippen molar-refractivity contribution in [2.24, 2.45) is 5.92 Å². The van der Waals surface area contributed by atoms with Crippen LogP contribution < -0.4 is 10.2 Å². The highest BCUT2D eigenvalue weighted by molar-refractivity contribution is 5.79. The van der Waals surface area contributed by atoms with E-state index < -0.39 is 0 Å². The quantitative estimate of drug-likeness (QED) is 0.890. The van der Waals surface area contributed by atoms with E-state index in [2.05, 4.69) is 39.4 Å². The van der Waals surface area contributed by atoms with Crippen LogP contribution in [0.1, 0.15) is 12.8 Å². The van der Waals surface area contributed by atoms with Crippen LogP contribution in [0.4, 0.5) is 5.69 Å². The molecule has 1 amide bonds. The maximum atomic E-state index is 12.3. The number of rotatable bonds is 5. The van der Waals surface area contributed by atoms with Crippen molar-refractivity contribution in [3.05, 3.63) is 30.3 Å². The Hall–Kier alpha value is -1.59. The summed E-state index contributed by atoms with van der Waals surface area (Å²) in [6, 6.07) is 10.5. The Morgan fingerprint density at radius 2 is 1.78 bits per heavy atom. The molecule has 2 aliphatic rings. The number of anilines is 1. The van der Waals surface area contributed by atoms with Gasteiger partial charge in [-0.15, -0.1) is 0 Å². The van der Waals surface area contributed by atoms with Gasteiger partial charge in [-0.3, -0.25) is 9.69 Å². The Bertz CT molecular complexity index is 480. The number of nitrogens with one attached hydrogen (secondary N) is 1. The molecule has 2 aliphatic heterocycles. The third-order valence-corrected chi connectivity index (χ3v) is 4.82. The van der Waals surface area contributed by atoms with Crippen molar-refractivity contribution in [3.63, 3.8) is 0 Å². The van der Waals surface area contributed by atoms with Crippen molar-refractivity contribution in [3.8, 4) is 0 Å². The minimum atomic E-state index is 0.166. The van der Waals surface area contributed by atoms with Crippen LogP contribution in [-0.4, -0.2) is 63.3 Å². The average molecular weight is 317 g/mol. The minimum Gasteiger partial charge on any atom is -0.379 e. The first-order valence-corrected chi connectivity index (χ1v) is 8.71. The van der Waals surface area contributed by atoms with Gasteiger partial charge in [0.15, 0.2) is 0 Å². The Morgan fingerprint density at radius 3 is 2.48 bits per heavy atom. The van der Waals surface area contributed by atoms with E-state index in [9.17, 15) is 4.79 Å². The lowest BCUT2D eigenvalue weighted by molar-refractivity contribution is -0.125. The van der Waals surface area contributed by atoms with Crippen LogP contribution in [0.15, 0.2) is 30.3 Å². The number of hydrogen-bond acceptors (Lipinski definition) is 4. The van der Waals surface area contributed by atoms with Gasteiger partial charge in [-0.2, -0.15) is 0 Å². The Labute approximate surface area is 138 Å². The number of para-hydroxylation sites is 1. The Kier molecular flexibility index (Phi) is 5.88. The molecule has 0 aliphatic carbocycles. The van der Waals surface area contributed by atoms with E-state index in [4.69, 9.17) is 4.74 Å². The molecule has 126 valence electrons. The van der Waals surface area contributed by atoms with Gasteiger partial charge in [0.1, 0.15) is 0 Å². The summed E-state index contributed by atoms with van der Waals surface area (Å²) in [6.07, 6.45) is 1.89. The molecule has 2 saturated heterocycles. The summed E-state index contributed by atoms with van der Waals surface area (Å²) in [5.41, 5.74) is 1.26. The molecule has 5 nitrogen and oxygen atoms in total. The lowest BCUT2D eigenvalue weighted by Crippen LogP contribution is -2.44. The number of carbonyl (C=O) groups excluding carboxylic acids is 1. The van der Waals surface area contributed by atoms with Crippen molar-refractivity contribution in [2.45, 2.75) is 12.8 Å². The fourth-order valence-corrected chi connectivity index (χ4v) is 3.35. The molecule has 0 spiro atoms. The second kappa shape index (κ2) is 8.31. The molecule has 2 heterocycles. The summed E-state index contributed by atoms with van der Waals surface area (Å²) in [6.45, 7) is 7.18. The second-order valence-electron chi connectivity index (χ2n) is 6.34. The predicted octanol–water partition coefficient (Wildman–Crippen LogP) is 1.35.